The Hall–Kier alpha value is -1.56. The van der Waals surface area contributed by atoms with Crippen LogP contribution in [0.25, 0.3) is 0 Å². The summed E-state index contributed by atoms with van der Waals surface area (Å²) in [5.41, 5.74) is 1.12. The van der Waals surface area contributed by atoms with Gasteiger partial charge in [0.2, 0.25) is 0 Å². The van der Waals surface area contributed by atoms with Gasteiger partial charge in [0.15, 0.2) is 0 Å². The Balaban J connectivity index is 1.73. The largest absolute Gasteiger partial charge is 0.491 e. The molecule has 0 saturated carbocycles. The van der Waals surface area contributed by atoms with Crippen LogP contribution in [-0.4, -0.2) is 46.1 Å². The molecule has 1 aromatic carbocycles. The minimum Gasteiger partial charge on any atom is -0.491 e. The van der Waals surface area contributed by atoms with E-state index < -0.39 is 6.10 Å². The molecule has 0 aliphatic rings. The Morgan fingerprint density at radius 1 is 1.38 bits per heavy atom. The summed E-state index contributed by atoms with van der Waals surface area (Å²) in [5.74, 6) is 0.702. The van der Waals surface area contributed by atoms with E-state index in [0.29, 0.717) is 17.3 Å². The van der Waals surface area contributed by atoms with Gasteiger partial charge in [0, 0.05) is 36.9 Å². The van der Waals surface area contributed by atoms with Gasteiger partial charge in [-0.2, -0.15) is 5.10 Å². The Bertz CT molecular complexity index is 556. The molecule has 0 saturated heterocycles. The lowest BCUT2D eigenvalue weighted by Gasteiger charge is -2.20. The third kappa shape index (κ3) is 5.38. The van der Waals surface area contributed by atoms with Crippen LogP contribution < -0.4 is 4.74 Å². The molecule has 2 aromatic rings. The molecule has 2 rings (SSSR count). The van der Waals surface area contributed by atoms with E-state index >= 15 is 0 Å². The highest BCUT2D eigenvalue weighted by Crippen LogP contribution is 2.15. The fourth-order valence-corrected chi connectivity index (χ4v) is 2.19. The monoisotopic (exact) mass is 309 g/mol. The molecular formula is C15H20ClN3O2. The van der Waals surface area contributed by atoms with Crippen molar-refractivity contribution >= 4 is 11.6 Å². The van der Waals surface area contributed by atoms with E-state index in [1.54, 1.807) is 28.9 Å². The number of benzene rings is 1. The van der Waals surface area contributed by atoms with Gasteiger partial charge < -0.3 is 9.84 Å². The summed E-state index contributed by atoms with van der Waals surface area (Å²) >= 11 is 5.80. The molecule has 0 bridgehead atoms. The molecule has 0 amide bonds. The normalized spacial score (nSPS) is 12.6. The zero-order valence-corrected chi connectivity index (χ0v) is 13.0. The summed E-state index contributed by atoms with van der Waals surface area (Å²) in [4.78, 5) is 2.03. The predicted octanol–water partition coefficient (Wildman–Crippen LogP) is 1.95. The van der Waals surface area contributed by atoms with E-state index in [-0.39, 0.29) is 6.61 Å². The van der Waals surface area contributed by atoms with Gasteiger partial charge in [-0.15, -0.1) is 0 Å². The van der Waals surface area contributed by atoms with Gasteiger partial charge in [-0.1, -0.05) is 11.6 Å². The molecular weight excluding hydrogens is 290 g/mol. The van der Waals surface area contributed by atoms with Crippen molar-refractivity contribution < 1.29 is 9.84 Å². The van der Waals surface area contributed by atoms with E-state index in [4.69, 9.17) is 16.3 Å². The van der Waals surface area contributed by atoms with Crippen molar-refractivity contribution in [3.05, 3.63) is 47.2 Å². The molecule has 1 unspecified atom stereocenters. The maximum absolute atomic E-state index is 10.0. The lowest BCUT2D eigenvalue weighted by atomic mass is 10.3. The topological polar surface area (TPSA) is 50.5 Å². The lowest BCUT2D eigenvalue weighted by Crippen LogP contribution is -2.32. The first kappa shape index (κ1) is 15.8. The first-order chi connectivity index (χ1) is 10.0. The van der Waals surface area contributed by atoms with Crippen LogP contribution in [0.3, 0.4) is 0 Å². The molecule has 0 aliphatic heterocycles. The van der Waals surface area contributed by atoms with Crippen LogP contribution in [-0.2, 0) is 13.6 Å². The lowest BCUT2D eigenvalue weighted by molar-refractivity contribution is 0.0744. The molecule has 6 heteroatoms. The van der Waals surface area contributed by atoms with Crippen molar-refractivity contribution in [2.45, 2.75) is 12.6 Å². The van der Waals surface area contributed by atoms with Crippen molar-refractivity contribution in [2.75, 3.05) is 20.2 Å². The van der Waals surface area contributed by atoms with Crippen molar-refractivity contribution in [3.63, 3.8) is 0 Å². The number of halogens is 1. The Labute approximate surface area is 129 Å². The van der Waals surface area contributed by atoms with Crippen molar-refractivity contribution in [3.8, 4) is 5.75 Å². The number of likely N-dealkylation sites (N-methyl/N-ethyl adjacent to an activating group) is 1. The van der Waals surface area contributed by atoms with E-state index in [1.165, 1.54) is 0 Å². The molecule has 21 heavy (non-hydrogen) atoms. The fourth-order valence-electron chi connectivity index (χ4n) is 2.07. The average molecular weight is 310 g/mol. The summed E-state index contributed by atoms with van der Waals surface area (Å²) in [5, 5.41) is 14.8. The standard InChI is InChI=1S/C15H20ClN3O2/c1-18(8-12-7-17-19(2)9-12)10-14(20)11-21-15-5-3-13(16)4-6-15/h3-7,9,14,20H,8,10-11H2,1-2H3. The summed E-state index contributed by atoms with van der Waals surface area (Å²) < 4.78 is 7.29. The van der Waals surface area contributed by atoms with Gasteiger partial charge in [-0.05, 0) is 31.3 Å². The highest BCUT2D eigenvalue weighted by Gasteiger charge is 2.10. The average Bonchev–Trinajstić information content (AvgIpc) is 2.83. The Morgan fingerprint density at radius 2 is 2.10 bits per heavy atom. The van der Waals surface area contributed by atoms with Crippen molar-refractivity contribution in [1.29, 1.82) is 0 Å². The number of hydrogen-bond donors (Lipinski definition) is 1. The smallest absolute Gasteiger partial charge is 0.119 e. The minimum absolute atomic E-state index is 0.249. The molecule has 1 heterocycles. The molecule has 1 aromatic heterocycles. The second-order valence-electron chi connectivity index (χ2n) is 5.14. The summed E-state index contributed by atoms with van der Waals surface area (Å²) in [7, 11) is 3.84. The van der Waals surface area contributed by atoms with E-state index in [2.05, 4.69) is 5.10 Å². The van der Waals surface area contributed by atoms with Crippen LogP contribution in [0.1, 0.15) is 5.56 Å². The van der Waals surface area contributed by atoms with Gasteiger partial charge in [-0.3, -0.25) is 9.58 Å². The van der Waals surface area contributed by atoms with Gasteiger partial charge in [0.1, 0.15) is 18.5 Å². The fraction of sp³-hybridized carbons (Fsp3) is 0.400. The molecule has 0 fully saturated rings. The molecule has 1 N–H and O–H groups in total. The highest BCUT2D eigenvalue weighted by molar-refractivity contribution is 6.30. The molecule has 5 nitrogen and oxygen atoms in total. The molecule has 1 atom stereocenters. The maximum Gasteiger partial charge on any atom is 0.119 e. The van der Waals surface area contributed by atoms with Crippen LogP contribution in [0.4, 0.5) is 0 Å². The zero-order valence-electron chi connectivity index (χ0n) is 12.2. The first-order valence-corrected chi connectivity index (χ1v) is 7.13. The number of aryl methyl sites for hydroxylation is 1. The number of ether oxygens (including phenoxy) is 1. The third-order valence-corrected chi connectivity index (χ3v) is 3.24. The molecule has 0 aliphatic carbocycles. The number of hydrogen-bond acceptors (Lipinski definition) is 4. The Morgan fingerprint density at radius 3 is 2.71 bits per heavy atom. The SMILES string of the molecule is CN(Cc1cnn(C)c1)CC(O)COc1ccc(Cl)cc1. The predicted molar refractivity (Wildman–Crippen MR) is 82.5 cm³/mol. The quantitative estimate of drug-likeness (QED) is 0.849. The van der Waals surface area contributed by atoms with Crippen LogP contribution in [0.5, 0.6) is 5.75 Å². The van der Waals surface area contributed by atoms with Crippen molar-refractivity contribution in [1.82, 2.24) is 14.7 Å². The summed E-state index contributed by atoms with van der Waals surface area (Å²) in [6.07, 6.45) is 3.24. The number of aliphatic hydroxyl groups excluding tert-OH is 1. The van der Waals surface area contributed by atoms with Gasteiger partial charge in [0.25, 0.3) is 0 Å². The van der Waals surface area contributed by atoms with Crippen LogP contribution in [0.2, 0.25) is 5.02 Å². The maximum atomic E-state index is 10.0. The van der Waals surface area contributed by atoms with Crippen LogP contribution in [0, 0.1) is 0 Å². The summed E-state index contributed by atoms with van der Waals surface area (Å²) in [6.45, 7) is 1.52. The zero-order chi connectivity index (χ0) is 15.2. The number of aliphatic hydroxyl groups is 1. The highest BCUT2D eigenvalue weighted by atomic mass is 35.5. The van der Waals surface area contributed by atoms with E-state index in [9.17, 15) is 5.11 Å². The van der Waals surface area contributed by atoms with Gasteiger partial charge >= 0.3 is 0 Å². The van der Waals surface area contributed by atoms with Gasteiger partial charge in [0.05, 0.1) is 6.20 Å². The number of nitrogens with zero attached hydrogens (tertiary/aromatic N) is 3. The molecule has 0 radical (unpaired) electrons. The van der Waals surface area contributed by atoms with Crippen LogP contribution >= 0.6 is 11.6 Å². The van der Waals surface area contributed by atoms with Crippen molar-refractivity contribution in [2.24, 2.45) is 7.05 Å². The second-order valence-corrected chi connectivity index (χ2v) is 5.57. The summed E-state index contributed by atoms with van der Waals surface area (Å²) in [6, 6.07) is 7.10. The molecule has 0 spiro atoms. The number of rotatable bonds is 7. The second kappa shape index (κ2) is 7.45. The first-order valence-electron chi connectivity index (χ1n) is 6.75. The number of aromatic nitrogens is 2. The molecule has 114 valence electrons. The third-order valence-electron chi connectivity index (χ3n) is 2.99. The minimum atomic E-state index is -0.553. The Kier molecular flexibility index (Phi) is 5.61. The van der Waals surface area contributed by atoms with Gasteiger partial charge in [-0.25, -0.2) is 0 Å². The van der Waals surface area contributed by atoms with Crippen LogP contribution in [0.15, 0.2) is 36.7 Å². The van der Waals surface area contributed by atoms with E-state index in [0.717, 1.165) is 12.1 Å². The van der Waals surface area contributed by atoms with E-state index in [1.807, 2.05) is 31.4 Å².